The molecule has 0 aromatic rings. The molecule has 100 valence electrons. The Balaban J connectivity index is 2.42. The first-order valence-electron chi connectivity index (χ1n) is 6.85. The molecule has 17 heavy (non-hydrogen) atoms. The molecule has 0 amide bonds. The summed E-state index contributed by atoms with van der Waals surface area (Å²) < 4.78 is 0. The zero-order chi connectivity index (χ0) is 12.7. The third-order valence-electron chi connectivity index (χ3n) is 3.90. The number of nitrogens with zero attached hydrogens (tertiary/aromatic N) is 1. The molecule has 1 rings (SSSR count). The molecule has 0 aliphatic heterocycles. The molecule has 1 fully saturated rings. The van der Waals surface area contributed by atoms with E-state index in [-0.39, 0.29) is 0 Å². The Kier molecular flexibility index (Phi) is 5.92. The molecule has 0 aromatic carbocycles. The zero-order valence-electron chi connectivity index (χ0n) is 11.2. The quantitative estimate of drug-likeness (QED) is 0.713. The van der Waals surface area contributed by atoms with Gasteiger partial charge in [0.2, 0.25) is 0 Å². The third kappa shape index (κ3) is 3.96. The van der Waals surface area contributed by atoms with Gasteiger partial charge in [-0.2, -0.15) is 0 Å². The van der Waals surface area contributed by atoms with Gasteiger partial charge in [-0.25, -0.2) is 0 Å². The van der Waals surface area contributed by atoms with Crippen molar-refractivity contribution < 1.29 is 9.90 Å². The molecule has 0 spiro atoms. The van der Waals surface area contributed by atoms with Crippen molar-refractivity contribution in [1.29, 1.82) is 0 Å². The zero-order valence-corrected chi connectivity index (χ0v) is 11.2. The second-order valence-electron chi connectivity index (χ2n) is 4.90. The van der Waals surface area contributed by atoms with Crippen LogP contribution in [0.1, 0.15) is 46.0 Å². The highest BCUT2D eigenvalue weighted by Gasteiger charge is 2.38. The lowest BCUT2D eigenvalue weighted by Gasteiger charge is -2.35. The highest BCUT2D eigenvalue weighted by atomic mass is 16.4. The Bertz CT molecular complexity index is 234. The van der Waals surface area contributed by atoms with Gasteiger partial charge in [-0.1, -0.05) is 33.1 Å². The van der Waals surface area contributed by atoms with Crippen molar-refractivity contribution in [3.05, 3.63) is 0 Å². The van der Waals surface area contributed by atoms with Crippen molar-refractivity contribution in [3.8, 4) is 0 Å². The molecule has 2 N–H and O–H groups in total. The number of carboxylic acids is 1. The predicted octanol–water partition coefficient (Wildman–Crippen LogP) is 1.71. The number of likely N-dealkylation sites (N-methyl/N-ethyl adjacent to an activating group) is 1. The molecule has 4 nitrogen and oxygen atoms in total. The van der Waals surface area contributed by atoms with E-state index in [0.717, 1.165) is 51.9 Å². The summed E-state index contributed by atoms with van der Waals surface area (Å²) in [5.41, 5.74) is -0.647. The highest BCUT2D eigenvalue weighted by Crippen LogP contribution is 2.28. The number of carboxylic acid groups (broad SMARTS) is 1. The van der Waals surface area contributed by atoms with Gasteiger partial charge >= 0.3 is 5.97 Å². The minimum absolute atomic E-state index is 0.647. The molecule has 1 saturated carbocycles. The maximum absolute atomic E-state index is 11.4. The molecular formula is C13H26N2O2. The summed E-state index contributed by atoms with van der Waals surface area (Å²) in [5, 5.41) is 12.7. The first-order chi connectivity index (χ1) is 8.14. The first-order valence-corrected chi connectivity index (χ1v) is 6.85. The molecule has 0 radical (unpaired) electrons. The van der Waals surface area contributed by atoms with Crippen molar-refractivity contribution in [3.63, 3.8) is 0 Å². The Morgan fingerprint density at radius 1 is 1.24 bits per heavy atom. The summed E-state index contributed by atoms with van der Waals surface area (Å²) in [6, 6.07) is 0. The molecular weight excluding hydrogens is 216 g/mol. The van der Waals surface area contributed by atoms with Crippen LogP contribution in [0.25, 0.3) is 0 Å². The predicted molar refractivity (Wildman–Crippen MR) is 69.2 cm³/mol. The van der Waals surface area contributed by atoms with Gasteiger partial charge in [0.1, 0.15) is 5.54 Å². The standard InChI is InChI=1S/C13H26N2O2/c1-3-15(4-2)11-10-14-13(12(16)17)8-6-5-7-9-13/h14H,3-11H2,1-2H3,(H,16,17). The van der Waals surface area contributed by atoms with Crippen LogP contribution in [0.4, 0.5) is 0 Å². The molecule has 0 bridgehead atoms. The van der Waals surface area contributed by atoms with Gasteiger partial charge in [0.15, 0.2) is 0 Å². The van der Waals surface area contributed by atoms with Gasteiger partial charge in [0, 0.05) is 13.1 Å². The smallest absolute Gasteiger partial charge is 0.323 e. The van der Waals surface area contributed by atoms with Crippen molar-refractivity contribution >= 4 is 5.97 Å². The Hall–Kier alpha value is -0.610. The second-order valence-corrected chi connectivity index (χ2v) is 4.90. The normalized spacial score (nSPS) is 19.5. The number of nitrogens with one attached hydrogen (secondary N) is 1. The lowest BCUT2D eigenvalue weighted by atomic mass is 9.81. The SMILES string of the molecule is CCN(CC)CCNC1(C(=O)O)CCCCC1. The monoisotopic (exact) mass is 242 g/mol. The van der Waals surface area contributed by atoms with Crippen LogP contribution < -0.4 is 5.32 Å². The number of carbonyl (C=O) groups is 1. The largest absolute Gasteiger partial charge is 0.480 e. The summed E-state index contributed by atoms with van der Waals surface area (Å²) in [7, 11) is 0. The van der Waals surface area contributed by atoms with E-state index in [1.54, 1.807) is 0 Å². The van der Waals surface area contributed by atoms with E-state index in [2.05, 4.69) is 24.1 Å². The lowest BCUT2D eigenvalue weighted by molar-refractivity contribution is -0.146. The summed E-state index contributed by atoms with van der Waals surface area (Å²) in [4.78, 5) is 13.7. The van der Waals surface area contributed by atoms with Crippen LogP contribution in [0, 0.1) is 0 Å². The summed E-state index contributed by atoms with van der Waals surface area (Å²) >= 11 is 0. The Morgan fingerprint density at radius 2 is 1.82 bits per heavy atom. The fourth-order valence-electron chi connectivity index (χ4n) is 2.61. The maximum atomic E-state index is 11.4. The highest BCUT2D eigenvalue weighted by molar-refractivity contribution is 5.78. The third-order valence-corrected chi connectivity index (χ3v) is 3.90. The van der Waals surface area contributed by atoms with Crippen LogP contribution >= 0.6 is 0 Å². The first kappa shape index (κ1) is 14.5. The van der Waals surface area contributed by atoms with Crippen LogP contribution in [0.15, 0.2) is 0 Å². The number of aliphatic carboxylic acids is 1. The summed E-state index contributed by atoms with van der Waals surface area (Å²) in [6.07, 6.45) is 4.79. The van der Waals surface area contributed by atoms with E-state index in [1.165, 1.54) is 6.42 Å². The molecule has 0 saturated heterocycles. The van der Waals surface area contributed by atoms with E-state index in [9.17, 15) is 9.90 Å². The van der Waals surface area contributed by atoms with Gasteiger partial charge in [-0.3, -0.25) is 4.79 Å². The van der Waals surface area contributed by atoms with Crippen LogP contribution in [0.2, 0.25) is 0 Å². The van der Waals surface area contributed by atoms with Crippen molar-refractivity contribution in [2.45, 2.75) is 51.5 Å². The van der Waals surface area contributed by atoms with Crippen LogP contribution in [0.3, 0.4) is 0 Å². The maximum Gasteiger partial charge on any atom is 0.323 e. The van der Waals surface area contributed by atoms with E-state index < -0.39 is 11.5 Å². The Labute approximate surface area is 104 Å². The van der Waals surface area contributed by atoms with Crippen molar-refractivity contribution in [1.82, 2.24) is 10.2 Å². The van der Waals surface area contributed by atoms with Gasteiger partial charge in [-0.15, -0.1) is 0 Å². The topological polar surface area (TPSA) is 52.6 Å². The lowest BCUT2D eigenvalue weighted by Crippen LogP contribution is -2.55. The van der Waals surface area contributed by atoms with Crippen LogP contribution in [-0.4, -0.2) is 47.7 Å². The average Bonchev–Trinajstić information content (AvgIpc) is 2.35. The van der Waals surface area contributed by atoms with E-state index >= 15 is 0 Å². The van der Waals surface area contributed by atoms with E-state index in [0.29, 0.717) is 0 Å². The fraction of sp³-hybridized carbons (Fsp3) is 0.923. The number of hydrogen-bond acceptors (Lipinski definition) is 3. The molecule has 0 aromatic heterocycles. The molecule has 0 atom stereocenters. The molecule has 0 unspecified atom stereocenters. The van der Waals surface area contributed by atoms with Gasteiger partial charge in [-0.05, 0) is 25.9 Å². The van der Waals surface area contributed by atoms with E-state index in [4.69, 9.17) is 0 Å². The second kappa shape index (κ2) is 6.97. The van der Waals surface area contributed by atoms with Crippen LogP contribution in [-0.2, 0) is 4.79 Å². The number of hydrogen-bond donors (Lipinski definition) is 2. The van der Waals surface area contributed by atoms with Gasteiger partial charge in [0.05, 0.1) is 0 Å². The minimum atomic E-state index is -0.670. The Morgan fingerprint density at radius 3 is 2.29 bits per heavy atom. The summed E-state index contributed by atoms with van der Waals surface area (Å²) in [5.74, 6) is -0.670. The number of rotatable bonds is 7. The molecule has 1 aliphatic rings. The van der Waals surface area contributed by atoms with Gasteiger partial charge in [0.25, 0.3) is 0 Å². The van der Waals surface area contributed by atoms with Gasteiger partial charge < -0.3 is 15.3 Å². The average molecular weight is 242 g/mol. The van der Waals surface area contributed by atoms with E-state index in [1.807, 2.05) is 0 Å². The molecule has 0 heterocycles. The van der Waals surface area contributed by atoms with Crippen molar-refractivity contribution in [2.75, 3.05) is 26.2 Å². The fourth-order valence-corrected chi connectivity index (χ4v) is 2.61. The summed E-state index contributed by atoms with van der Waals surface area (Å²) in [6.45, 7) is 8.03. The molecule has 4 heteroatoms. The van der Waals surface area contributed by atoms with Crippen LogP contribution in [0.5, 0.6) is 0 Å². The molecule has 1 aliphatic carbocycles. The van der Waals surface area contributed by atoms with Crippen molar-refractivity contribution in [2.24, 2.45) is 0 Å². The minimum Gasteiger partial charge on any atom is -0.480 e.